The van der Waals surface area contributed by atoms with Crippen LogP contribution in [-0.4, -0.2) is 45.0 Å². The van der Waals surface area contributed by atoms with E-state index >= 15 is 0 Å². The Kier molecular flexibility index (Phi) is 4.86. The van der Waals surface area contributed by atoms with Crippen molar-refractivity contribution >= 4 is 27.0 Å². The number of carbonyl (C=O) groups is 1. The number of nitrogens with zero attached hydrogens (tertiary/aromatic N) is 2. The number of aryl methyl sites for hydroxylation is 1. The van der Waals surface area contributed by atoms with Gasteiger partial charge in [0.05, 0.1) is 41.9 Å². The predicted octanol–water partition coefficient (Wildman–Crippen LogP) is 1.16. The number of cyclic esters (lactones) is 1. The maximum absolute atomic E-state index is 14.9. The van der Waals surface area contributed by atoms with Crippen LogP contribution in [0.15, 0.2) is 16.9 Å². The number of hydrogen-bond acceptors (Lipinski definition) is 9. The molecule has 0 fully saturated rings. The van der Waals surface area contributed by atoms with E-state index in [1.54, 1.807) is 0 Å². The topological polar surface area (TPSA) is 182 Å². The summed E-state index contributed by atoms with van der Waals surface area (Å²) in [6.45, 7) is -4.54. The summed E-state index contributed by atoms with van der Waals surface area (Å²) in [6.07, 6.45) is -1.91. The van der Waals surface area contributed by atoms with Crippen molar-refractivity contribution in [2.75, 3.05) is 6.26 Å². The third-order valence-electron chi connectivity index (χ3n) is 6.99. The molecule has 2 atom stereocenters. The highest BCUT2D eigenvalue weighted by atomic mass is 32.2. The molecule has 38 heavy (non-hydrogen) atoms. The van der Waals surface area contributed by atoms with Crippen LogP contribution in [0.4, 0.5) is 4.39 Å². The van der Waals surface area contributed by atoms with Gasteiger partial charge in [0.25, 0.3) is 15.7 Å². The summed E-state index contributed by atoms with van der Waals surface area (Å²) in [7, 11) is -3.67. The number of fused-ring (bicyclic) bond motifs is 5. The summed E-state index contributed by atoms with van der Waals surface area (Å²) in [5.41, 5.74) is 4.21. The van der Waals surface area contributed by atoms with Gasteiger partial charge < -0.3 is 25.3 Å². The molecule has 0 amide bonds. The SMILES string of the molecule is CS(=O)(=O)O.[2H]C([2H])([2H])C([2H])([2H])[C@@]1(O)C(=O)OCc2c1cc1n(c2=O)Cc2c-1nc1cc(F)c(CO)c3c1c2[C@@H](N)CC3. The van der Waals surface area contributed by atoms with Crippen molar-refractivity contribution < 1.29 is 44.0 Å². The van der Waals surface area contributed by atoms with Crippen LogP contribution in [0.25, 0.3) is 22.3 Å². The van der Waals surface area contributed by atoms with Gasteiger partial charge in [0.1, 0.15) is 12.4 Å². The number of carbonyl (C=O) groups excluding carboxylic acids is 1. The Balaban J connectivity index is 0.000000682. The van der Waals surface area contributed by atoms with Crippen LogP contribution in [0.2, 0.25) is 0 Å². The van der Waals surface area contributed by atoms with Crippen LogP contribution < -0.4 is 11.3 Å². The minimum absolute atomic E-state index is 0.00651. The van der Waals surface area contributed by atoms with Crippen LogP contribution in [0, 0.1) is 5.82 Å². The first-order valence-corrected chi connectivity index (χ1v) is 13.2. The Bertz CT molecular complexity index is 1890. The Morgan fingerprint density at radius 2 is 2.05 bits per heavy atom. The third-order valence-corrected chi connectivity index (χ3v) is 6.99. The van der Waals surface area contributed by atoms with Crippen LogP contribution >= 0.6 is 0 Å². The maximum atomic E-state index is 14.9. The van der Waals surface area contributed by atoms with Crippen molar-refractivity contribution in [3.8, 4) is 11.4 Å². The number of ether oxygens (including phenoxy) is 1. The van der Waals surface area contributed by atoms with Gasteiger partial charge >= 0.3 is 5.97 Å². The molecule has 0 unspecified atom stereocenters. The molecule has 0 spiro atoms. The molecule has 2 aromatic heterocycles. The first-order valence-electron chi connectivity index (χ1n) is 13.9. The first-order chi connectivity index (χ1) is 19.7. The standard InChI is InChI=1S/C24H22FN3O5.CH4O3S/c1-2-24(32)14-5-18-21-11(7-28(18)22(30)13(14)9-33-23(24)31)19-16(26)4-3-10-12(8-29)15(25)6-17(27-21)20(10)19;1-5(2,3)4/h5-6,16,29,32H,2-4,7-9,26H2,1H3;1H3,(H,2,3,4)/t16-,24-;/m0./s1/i1D3,2D2;. The number of hydrogen-bond donors (Lipinski definition) is 4. The van der Waals surface area contributed by atoms with E-state index < -0.39 is 71.1 Å². The molecule has 202 valence electrons. The van der Waals surface area contributed by atoms with Crippen LogP contribution in [0.1, 0.15) is 65.9 Å². The summed E-state index contributed by atoms with van der Waals surface area (Å²) in [4.78, 5) is 30.9. The largest absolute Gasteiger partial charge is 0.458 e. The molecule has 0 saturated heterocycles. The van der Waals surface area contributed by atoms with E-state index in [-0.39, 0.29) is 34.6 Å². The minimum atomic E-state index is -3.67. The molecule has 3 aliphatic rings. The van der Waals surface area contributed by atoms with Gasteiger partial charge in [0.2, 0.25) is 0 Å². The van der Waals surface area contributed by atoms with E-state index in [9.17, 15) is 32.6 Å². The number of rotatable bonds is 2. The molecule has 13 heteroatoms. The number of halogens is 1. The van der Waals surface area contributed by atoms with Crippen molar-refractivity contribution in [1.29, 1.82) is 0 Å². The van der Waals surface area contributed by atoms with E-state index in [0.29, 0.717) is 41.2 Å². The number of nitrogens with two attached hydrogens (primary N) is 1. The van der Waals surface area contributed by atoms with Gasteiger partial charge in [-0.3, -0.25) is 9.35 Å². The highest BCUT2D eigenvalue weighted by Crippen LogP contribution is 2.45. The zero-order valence-corrected chi connectivity index (χ0v) is 20.7. The Morgan fingerprint density at radius 3 is 2.71 bits per heavy atom. The zero-order valence-electron chi connectivity index (χ0n) is 24.9. The molecule has 0 bridgehead atoms. The lowest BCUT2D eigenvalue weighted by atomic mass is 9.82. The fourth-order valence-electron chi connectivity index (χ4n) is 5.39. The molecule has 3 aromatic rings. The van der Waals surface area contributed by atoms with Crippen LogP contribution in [-0.2, 0) is 51.4 Å². The zero-order chi connectivity index (χ0) is 32.0. The highest BCUT2D eigenvalue weighted by molar-refractivity contribution is 7.85. The quantitative estimate of drug-likeness (QED) is 0.208. The summed E-state index contributed by atoms with van der Waals surface area (Å²) in [6, 6.07) is 1.88. The number of aliphatic hydroxyl groups is 2. The van der Waals surface area contributed by atoms with Crippen LogP contribution in [0.3, 0.4) is 0 Å². The second-order valence-electron chi connectivity index (χ2n) is 9.32. The average Bonchev–Trinajstić information content (AvgIpc) is 3.25. The fraction of sp³-hybridized carbons (Fsp3) is 0.400. The van der Waals surface area contributed by atoms with E-state index in [0.717, 1.165) is 0 Å². The van der Waals surface area contributed by atoms with Crippen molar-refractivity contribution in [3.63, 3.8) is 0 Å². The number of aromatic nitrogens is 2. The molecule has 6 rings (SSSR count). The van der Waals surface area contributed by atoms with E-state index in [1.165, 1.54) is 16.7 Å². The van der Waals surface area contributed by atoms with Gasteiger partial charge in [-0.15, -0.1) is 0 Å². The fourth-order valence-corrected chi connectivity index (χ4v) is 5.39. The lowest BCUT2D eigenvalue weighted by molar-refractivity contribution is -0.172. The van der Waals surface area contributed by atoms with Crippen molar-refractivity contribution in [2.24, 2.45) is 5.73 Å². The first kappa shape index (κ1) is 20.7. The summed E-state index contributed by atoms with van der Waals surface area (Å²) >= 11 is 0. The van der Waals surface area contributed by atoms with Gasteiger partial charge in [-0.05, 0) is 36.4 Å². The van der Waals surface area contributed by atoms with E-state index in [4.69, 9.17) is 21.9 Å². The summed E-state index contributed by atoms with van der Waals surface area (Å²) < 4.78 is 86.2. The van der Waals surface area contributed by atoms with E-state index in [1.807, 2.05) is 0 Å². The molecular weight excluding hydrogens is 521 g/mol. The lowest BCUT2D eigenvalue weighted by Crippen LogP contribution is -2.44. The molecular formula is C25H26FN3O8S. The Morgan fingerprint density at radius 1 is 1.34 bits per heavy atom. The van der Waals surface area contributed by atoms with Crippen LogP contribution in [0.5, 0.6) is 0 Å². The second-order valence-corrected chi connectivity index (χ2v) is 10.8. The number of esters is 1. The normalized spacial score (nSPS) is 23.9. The van der Waals surface area contributed by atoms with Gasteiger partial charge in [-0.25, -0.2) is 14.2 Å². The lowest BCUT2D eigenvalue weighted by Gasteiger charge is -2.31. The molecule has 0 radical (unpaired) electrons. The number of aliphatic hydroxyl groups excluding tert-OH is 1. The molecule has 2 aliphatic heterocycles. The summed E-state index contributed by atoms with van der Waals surface area (Å²) in [5.74, 6) is -2.17. The number of pyridine rings is 2. The van der Waals surface area contributed by atoms with Crippen molar-refractivity contribution in [1.82, 2.24) is 9.55 Å². The number of benzene rings is 1. The predicted molar refractivity (Wildman–Crippen MR) is 133 cm³/mol. The molecule has 5 N–H and O–H groups in total. The average molecular weight is 553 g/mol. The smallest absolute Gasteiger partial charge is 0.343 e. The van der Waals surface area contributed by atoms with Gasteiger partial charge in [0.15, 0.2) is 5.60 Å². The molecule has 11 nitrogen and oxygen atoms in total. The molecule has 0 saturated carbocycles. The monoisotopic (exact) mass is 552 g/mol. The molecule has 1 aliphatic carbocycles. The van der Waals surface area contributed by atoms with Crippen molar-refractivity contribution in [3.05, 3.63) is 61.7 Å². The molecule has 1 aromatic carbocycles. The van der Waals surface area contributed by atoms with Gasteiger partial charge in [-0.2, -0.15) is 8.42 Å². The summed E-state index contributed by atoms with van der Waals surface area (Å²) in [5, 5.41) is 21.7. The Labute approximate surface area is 223 Å². The molecule has 4 heterocycles. The third kappa shape index (κ3) is 3.93. The van der Waals surface area contributed by atoms with Gasteiger partial charge in [0, 0.05) is 41.0 Å². The maximum Gasteiger partial charge on any atom is 0.343 e. The highest BCUT2D eigenvalue weighted by Gasteiger charge is 2.45. The van der Waals surface area contributed by atoms with Crippen molar-refractivity contribution in [2.45, 2.75) is 57.5 Å². The second kappa shape index (κ2) is 8.92. The van der Waals surface area contributed by atoms with E-state index in [2.05, 4.69) is 4.98 Å². The van der Waals surface area contributed by atoms with Gasteiger partial charge in [-0.1, -0.05) is 6.85 Å². The minimum Gasteiger partial charge on any atom is -0.458 e. The Hall–Kier alpha value is -3.23.